The molecule has 2 aromatic rings. The minimum absolute atomic E-state index is 0.129. The van der Waals surface area contributed by atoms with Crippen LogP contribution in [0.4, 0.5) is 9.18 Å². The molecule has 0 saturated carbocycles. The normalized spacial score (nSPS) is 20.4. The summed E-state index contributed by atoms with van der Waals surface area (Å²) in [4.78, 5) is 17.3. The average Bonchev–Trinajstić information content (AvgIpc) is 3.08. The molecule has 1 fully saturated rings. The molecule has 1 unspecified atom stereocenters. The Labute approximate surface area is 168 Å². The first kappa shape index (κ1) is 20.3. The summed E-state index contributed by atoms with van der Waals surface area (Å²) in [6.45, 7) is 7.95. The Hall–Kier alpha value is -2.48. The number of hydrogen-bond donors (Lipinski definition) is 1. The van der Waals surface area contributed by atoms with E-state index in [9.17, 15) is 14.3 Å². The van der Waals surface area contributed by atoms with Gasteiger partial charge in [0.1, 0.15) is 12.1 Å². The molecule has 1 aliphatic rings. The Morgan fingerprint density at radius 2 is 2.14 bits per heavy atom. The van der Waals surface area contributed by atoms with Crippen molar-refractivity contribution in [3.63, 3.8) is 0 Å². The molecule has 1 N–H and O–H groups in total. The summed E-state index contributed by atoms with van der Waals surface area (Å²) in [5.41, 5.74) is -0.328. The molecule has 1 amide bonds. The molecule has 2 atom stereocenters. The highest BCUT2D eigenvalue weighted by Crippen LogP contribution is 2.54. The highest BCUT2D eigenvalue weighted by Gasteiger charge is 2.61. The number of halogens is 1. The zero-order valence-corrected chi connectivity index (χ0v) is 17.2. The lowest BCUT2D eigenvalue weighted by Crippen LogP contribution is -2.71. The molecule has 1 aromatic heterocycles. The van der Waals surface area contributed by atoms with Crippen LogP contribution in [0.1, 0.15) is 44.4 Å². The van der Waals surface area contributed by atoms with Gasteiger partial charge in [-0.25, -0.2) is 14.2 Å². The zero-order valence-electron chi connectivity index (χ0n) is 16.3. The molecule has 0 spiro atoms. The molecule has 1 aliphatic heterocycles. The lowest BCUT2D eigenvalue weighted by molar-refractivity contribution is -0.141. The van der Waals surface area contributed by atoms with Gasteiger partial charge in [-0.1, -0.05) is 32.9 Å². The van der Waals surface area contributed by atoms with Gasteiger partial charge in [-0.2, -0.15) is 0 Å². The topological polar surface area (TPSA) is 67.6 Å². The number of aromatic nitrogens is 2. The van der Waals surface area contributed by atoms with Crippen LogP contribution in [0.2, 0.25) is 0 Å². The van der Waals surface area contributed by atoms with E-state index in [-0.39, 0.29) is 11.0 Å². The van der Waals surface area contributed by atoms with Crippen LogP contribution in [-0.2, 0) is 4.74 Å². The van der Waals surface area contributed by atoms with Crippen molar-refractivity contribution in [3.05, 3.63) is 53.9 Å². The van der Waals surface area contributed by atoms with Gasteiger partial charge in [-0.15, -0.1) is 0 Å². The van der Waals surface area contributed by atoms with Gasteiger partial charge >= 0.3 is 6.09 Å². The summed E-state index contributed by atoms with van der Waals surface area (Å²) in [6.07, 6.45) is 3.50. The van der Waals surface area contributed by atoms with Crippen molar-refractivity contribution in [2.45, 2.75) is 45.8 Å². The summed E-state index contributed by atoms with van der Waals surface area (Å²) in [5, 5.41) is 9.92. The quantitative estimate of drug-likeness (QED) is 0.767. The number of imidazole rings is 1. The first-order valence-corrected chi connectivity index (χ1v) is 9.44. The smallest absolute Gasteiger partial charge is 0.407 e. The number of amides is 1. The number of ether oxygens (including phenoxy) is 1. The van der Waals surface area contributed by atoms with Crippen LogP contribution in [0.5, 0.6) is 0 Å². The minimum Gasteiger partial charge on any atom is -0.465 e. The van der Waals surface area contributed by atoms with Gasteiger partial charge in [-0.05, 0) is 48.2 Å². The Morgan fingerprint density at radius 1 is 1.43 bits per heavy atom. The number of rotatable bonds is 3. The predicted octanol–water partition coefficient (Wildman–Crippen LogP) is 4.39. The van der Waals surface area contributed by atoms with E-state index in [1.54, 1.807) is 31.5 Å². The molecule has 150 valence electrons. The largest absolute Gasteiger partial charge is 0.465 e. The van der Waals surface area contributed by atoms with Gasteiger partial charge in [-0.3, -0.25) is 9.47 Å². The Bertz CT molecular complexity index is 895. The number of likely N-dealkylation sites (tertiary alicyclic amines) is 1. The lowest BCUT2D eigenvalue weighted by Gasteiger charge is -2.61. The maximum Gasteiger partial charge on any atom is 0.407 e. The molecule has 0 radical (unpaired) electrons. The maximum atomic E-state index is 14.4. The standard InChI is InChI=1S/C20H24FN3O3S/c1-13-5-6-14(11-15(13)21)16(27-18(28)23-10-8-22-12-23)20(19(2,3)4)7-9-24(20)17(25)26/h5-6,8,10-12,16H,7,9H2,1-4H3,(H,25,26)/t16?,20-/m1/s1. The van der Waals surface area contributed by atoms with Crippen molar-refractivity contribution < 1.29 is 19.0 Å². The molecule has 1 aromatic carbocycles. The molecule has 28 heavy (non-hydrogen) atoms. The molecule has 2 heterocycles. The first-order valence-electron chi connectivity index (χ1n) is 9.03. The molecule has 1 saturated heterocycles. The summed E-state index contributed by atoms with van der Waals surface area (Å²) >= 11 is 5.42. The molecular weight excluding hydrogens is 381 g/mol. The highest BCUT2D eigenvalue weighted by molar-refractivity contribution is 7.80. The lowest BCUT2D eigenvalue weighted by atomic mass is 9.61. The zero-order chi connectivity index (χ0) is 20.7. The van der Waals surface area contributed by atoms with Gasteiger partial charge in [0, 0.05) is 18.9 Å². The Morgan fingerprint density at radius 3 is 2.61 bits per heavy atom. The van der Waals surface area contributed by atoms with Crippen LogP contribution in [0.15, 0.2) is 36.9 Å². The number of nitrogens with zero attached hydrogens (tertiary/aromatic N) is 3. The van der Waals surface area contributed by atoms with Gasteiger partial charge < -0.3 is 9.84 Å². The summed E-state index contributed by atoms with van der Waals surface area (Å²) in [7, 11) is 0. The van der Waals surface area contributed by atoms with E-state index in [0.29, 0.717) is 24.1 Å². The van der Waals surface area contributed by atoms with Gasteiger partial charge in [0.2, 0.25) is 0 Å². The fraction of sp³-hybridized carbons (Fsp3) is 0.450. The number of benzene rings is 1. The van der Waals surface area contributed by atoms with Crippen LogP contribution in [0.25, 0.3) is 0 Å². The van der Waals surface area contributed by atoms with Gasteiger partial charge in [0.05, 0.1) is 5.54 Å². The van der Waals surface area contributed by atoms with E-state index in [0.717, 1.165) is 0 Å². The second kappa shape index (κ2) is 7.16. The molecule has 0 bridgehead atoms. The van der Waals surface area contributed by atoms with Crippen molar-refractivity contribution in [3.8, 4) is 0 Å². The number of carboxylic acid groups (broad SMARTS) is 1. The molecule has 3 rings (SSSR count). The number of thiocarbonyl (C=S) groups is 1. The molecule has 0 aliphatic carbocycles. The number of aryl methyl sites for hydroxylation is 1. The van der Waals surface area contributed by atoms with Crippen LogP contribution in [-0.4, -0.2) is 42.9 Å². The van der Waals surface area contributed by atoms with E-state index in [1.165, 1.54) is 21.9 Å². The molecular formula is C20H24FN3O3S. The predicted molar refractivity (Wildman–Crippen MR) is 107 cm³/mol. The minimum atomic E-state index is -1.03. The van der Waals surface area contributed by atoms with Crippen LogP contribution >= 0.6 is 12.2 Å². The van der Waals surface area contributed by atoms with E-state index in [1.807, 2.05) is 20.8 Å². The van der Waals surface area contributed by atoms with E-state index in [4.69, 9.17) is 17.0 Å². The first-order chi connectivity index (χ1) is 13.1. The second-order valence-electron chi connectivity index (χ2n) is 8.10. The molecule has 8 heteroatoms. The van der Waals surface area contributed by atoms with Crippen molar-refractivity contribution >= 4 is 23.5 Å². The third kappa shape index (κ3) is 3.26. The maximum absolute atomic E-state index is 14.4. The fourth-order valence-electron chi connectivity index (χ4n) is 3.92. The van der Waals surface area contributed by atoms with Crippen molar-refractivity contribution in [2.75, 3.05) is 6.54 Å². The average molecular weight is 405 g/mol. The number of carbonyl (C=O) groups is 1. The van der Waals surface area contributed by atoms with E-state index in [2.05, 4.69) is 4.98 Å². The van der Waals surface area contributed by atoms with Crippen LogP contribution in [0, 0.1) is 18.2 Å². The third-order valence-corrected chi connectivity index (χ3v) is 5.90. The summed E-state index contributed by atoms with van der Waals surface area (Å²) < 4.78 is 22.1. The number of hydrogen-bond acceptors (Lipinski definition) is 4. The monoisotopic (exact) mass is 405 g/mol. The van der Waals surface area contributed by atoms with Crippen molar-refractivity contribution in [1.82, 2.24) is 14.5 Å². The Balaban J connectivity index is 2.12. The fourth-order valence-corrected chi connectivity index (χ4v) is 4.12. The van der Waals surface area contributed by atoms with Crippen LogP contribution < -0.4 is 0 Å². The van der Waals surface area contributed by atoms with Crippen LogP contribution in [0.3, 0.4) is 0 Å². The highest BCUT2D eigenvalue weighted by atomic mass is 32.1. The summed E-state index contributed by atoms with van der Waals surface area (Å²) in [5.74, 6) is -0.370. The Kier molecular flexibility index (Phi) is 5.18. The third-order valence-electron chi connectivity index (χ3n) is 5.59. The second-order valence-corrected chi connectivity index (χ2v) is 8.45. The molecule has 6 nitrogen and oxygen atoms in total. The van der Waals surface area contributed by atoms with Crippen molar-refractivity contribution in [1.29, 1.82) is 0 Å². The van der Waals surface area contributed by atoms with Crippen molar-refractivity contribution in [2.24, 2.45) is 5.41 Å². The SMILES string of the molecule is Cc1ccc(C(OC(=S)n2ccnc2)[C@@]2(C(C)(C)C)CCN2C(=O)O)cc1F. The van der Waals surface area contributed by atoms with E-state index >= 15 is 0 Å². The van der Waals surface area contributed by atoms with E-state index < -0.39 is 23.2 Å². The summed E-state index contributed by atoms with van der Waals surface area (Å²) in [6, 6.07) is 4.84. The van der Waals surface area contributed by atoms with Gasteiger partial charge in [0.15, 0.2) is 6.10 Å². The van der Waals surface area contributed by atoms with Gasteiger partial charge in [0.25, 0.3) is 5.17 Å².